The van der Waals surface area contributed by atoms with E-state index in [2.05, 4.69) is 0 Å². The van der Waals surface area contributed by atoms with E-state index in [1.807, 2.05) is 72.8 Å². The Balaban J connectivity index is 1.77. The van der Waals surface area contributed by atoms with Gasteiger partial charge in [-0.25, -0.2) is 4.98 Å². The monoisotopic (exact) mass is 363 g/mol. The Labute approximate surface area is 154 Å². The predicted molar refractivity (Wildman–Crippen MR) is 106 cm³/mol. The summed E-state index contributed by atoms with van der Waals surface area (Å²) in [5.41, 5.74) is 2.49. The molecule has 0 bridgehead atoms. The Kier molecular flexibility index (Phi) is 4.43. The highest BCUT2D eigenvalue weighted by Crippen LogP contribution is 2.35. The van der Waals surface area contributed by atoms with Crippen LogP contribution in [0.4, 0.5) is 0 Å². The minimum absolute atomic E-state index is 0.119. The second-order valence-electron chi connectivity index (χ2n) is 5.70. The molecular formula is C21H14ClNOS. The standard InChI is InChI=1S/C21H14ClNOS/c22-15-10-11-17-19(12-15)23-18-9-5-4-8-16(18)21(17)25-13-20(24)14-6-2-1-3-7-14/h1-12H,13H2. The van der Waals surface area contributed by atoms with Gasteiger partial charge in [0, 0.05) is 26.3 Å². The molecule has 25 heavy (non-hydrogen) atoms. The molecule has 4 rings (SSSR count). The van der Waals surface area contributed by atoms with E-state index >= 15 is 0 Å². The minimum Gasteiger partial charge on any atom is -0.293 e. The van der Waals surface area contributed by atoms with Crippen molar-refractivity contribution >= 4 is 51.0 Å². The van der Waals surface area contributed by atoms with Crippen LogP contribution in [0.3, 0.4) is 0 Å². The maximum absolute atomic E-state index is 12.5. The lowest BCUT2D eigenvalue weighted by molar-refractivity contribution is 0.102. The molecule has 0 fully saturated rings. The first-order chi connectivity index (χ1) is 12.2. The van der Waals surface area contributed by atoms with Crippen LogP contribution in [0.1, 0.15) is 10.4 Å². The van der Waals surface area contributed by atoms with Gasteiger partial charge in [-0.15, -0.1) is 11.8 Å². The number of thioether (sulfide) groups is 1. The molecule has 0 amide bonds. The normalized spacial score (nSPS) is 11.1. The Bertz CT molecular complexity index is 1080. The molecule has 0 atom stereocenters. The van der Waals surface area contributed by atoms with Crippen LogP contribution in [0.2, 0.25) is 5.02 Å². The predicted octanol–water partition coefficient (Wildman–Crippen LogP) is 6.02. The Morgan fingerprint density at radius 2 is 1.60 bits per heavy atom. The third kappa shape index (κ3) is 3.26. The number of para-hydroxylation sites is 1. The minimum atomic E-state index is 0.119. The van der Waals surface area contributed by atoms with Crippen LogP contribution in [0.5, 0.6) is 0 Å². The molecule has 4 aromatic rings. The average Bonchev–Trinajstić information content (AvgIpc) is 2.65. The highest BCUT2D eigenvalue weighted by Gasteiger charge is 2.13. The van der Waals surface area contributed by atoms with E-state index < -0.39 is 0 Å². The van der Waals surface area contributed by atoms with E-state index in [1.165, 1.54) is 0 Å². The number of Topliss-reactive ketones (excluding diaryl/α,β-unsaturated/α-hetero) is 1. The number of carbonyl (C=O) groups excluding carboxylic acids is 1. The number of carbonyl (C=O) groups is 1. The SMILES string of the molecule is O=C(CSc1c2ccccc2nc2cc(Cl)ccc12)c1ccccc1. The number of halogens is 1. The van der Waals surface area contributed by atoms with Crippen molar-refractivity contribution in [3.05, 3.63) is 83.4 Å². The highest BCUT2D eigenvalue weighted by molar-refractivity contribution is 8.00. The smallest absolute Gasteiger partial charge is 0.173 e. The van der Waals surface area contributed by atoms with Crippen LogP contribution in [0.25, 0.3) is 21.8 Å². The Hall–Kier alpha value is -2.36. The van der Waals surface area contributed by atoms with Crippen molar-refractivity contribution in [2.75, 3.05) is 5.75 Å². The average molecular weight is 364 g/mol. The van der Waals surface area contributed by atoms with Crippen molar-refractivity contribution in [1.29, 1.82) is 0 Å². The zero-order chi connectivity index (χ0) is 17.2. The van der Waals surface area contributed by atoms with Crippen molar-refractivity contribution < 1.29 is 4.79 Å². The summed E-state index contributed by atoms with van der Waals surface area (Å²) >= 11 is 7.68. The number of aromatic nitrogens is 1. The van der Waals surface area contributed by atoms with Crippen LogP contribution in [0.15, 0.2) is 77.7 Å². The molecule has 0 aliphatic heterocycles. The number of fused-ring (bicyclic) bond motifs is 2. The van der Waals surface area contributed by atoms with E-state index in [4.69, 9.17) is 16.6 Å². The highest BCUT2D eigenvalue weighted by atomic mass is 35.5. The van der Waals surface area contributed by atoms with Gasteiger partial charge < -0.3 is 0 Å². The van der Waals surface area contributed by atoms with Crippen molar-refractivity contribution in [1.82, 2.24) is 4.98 Å². The summed E-state index contributed by atoms with van der Waals surface area (Å²) in [6.07, 6.45) is 0. The second kappa shape index (κ2) is 6.87. The molecule has 122 valence electrons. The van der Waals surface area contributed by atoms with Gasteiger partial charge in [0.2, 0.25) is 0 Å². The summed E-state index contributed by atoms with van der Waals surface area (Å²) in [6.45, 7) is 0. The van der Waals surface area contributed by atoms with Gasteiger partial charge in [0.05, 0.1) is 16.8 Å². The molecule has 0 spiro atoms. The second-order valence-corrected chi connectivity index (χ2v) is 7.12. The number of pyridine rings is 1. The van der Waals surface area contributed by atoms with Gasteiger partial charge in [-0.3, -0.25) is 4.79 Å². The molecule has 2 nitrogen and oxygen atoms in total. The molecule has 0 radical (unpaired) electrons. The lowest BCUT2D eigenvalue weighted by Crippen LogP contribution is -2.02. The summed E-state index contributed by atoms with van der Waals surface area (Å²) in [5.74, 6) is 0.504. The molecule has 1 aromatic heterocycles. The van der Waals surface area contributed by atoms with E-state index in [0.29, 0.717) is 10.8 Å². The number of nitrogens with zero attached hydrogens (tertiary/aromatic N) is 1. The molecule has 1 heterocycles. The maximum atomic E-state index is 12.5. The van der Waals surface area contributed by atoms with Crippen LogP contribution in [-0.2, 0) is 0 Å². The Morgan fingerprint density at radius 3 is 2.44 bits per heavy atom. The summed E-state index contributed by atoms with van der Waals surface area (Å²) in [6, 6.07) is 23.1. The van der Waals surface area contributed by atoms with E-state index in [0.717, 1.165) is 32.3 Å². The molecule has 0 saturated carbocycles. The van der Waals surface area contributed by atoms with Gasteiger partial charge >= 0.3 is 0 Å². The first kappa shape index (κ1) is 16.1. The molecule has 0 aliphatic carbocycles. The molecule has 4 heteroatoms. The first-order valence-corrected chi connectivity index (χ1v) is 9.28. The Morgan fingerprint density at radius 1 is 0.880 bits per heavy atom. The summed E-state index contributed by atoms with van der Waals surface area (Å²) < 4.78 is 0. The third-order valence-electron chi connectivity index (χ3n) is 4.04. The topological polar surface area (TPSA) is 30.0 Å². The van der Waals surface area contributed by atoms with Gasteiger partial charge in [-0.2, -0.15) is 0 Å². The van der Waals surface area contributed by atoms with E-state index in [9.17, 15) is 4.79 Å². The van der Waals surface area contributed by atoms with Crippen LogP contribution in [0, 0.1) is 0 Å². The number of ketones is 1. The number of rotatable bonds is 4. The van der Waals surface area contributed by atoms with Crippen molar-refractivity contribution in [3.8, 4) is 0 Å². The molecule has 0 saturated heterocycles. The molecular weight excluding hydrogens is 350 g/mol. The van der Waals surface area contributed by atoms with Crippen molar-refractivity contribution in [2.24, 2.45) is 0 Å². The van der Waals surface area contributed by atoms with Gasteiger partial charge in [-0.1, -0.05) is 66.2 Å². The molecule has 0 unspecified atom stereocenters. The summed E-state index contributed by atoms with van der Waals surface area (Å²) in [4.78, 5) is 18.3. The number of benzene rings is 3. The van der Waals surface area contributed by atoms with Crippen molar-refractivity contribution in [3.63, 3.8) is 0 Å². The zero-order valence-electron chi connectivity index (χ0n) is 13.3. The summed E-state index contributed by atoms with van der Waals surface area (Å²) in [5, 5.41) is 2.74. The molecule has 0 aliphatic rings. The fraction of sp³-hybridized carbons (Fsp3) is 0.0476. The van der Waals surface area contributed by atoms with Gasteiger partial charge in [0.15, 0.2) is 5.78 Å². The van der Waals surface area contributed by atoms with E-state index in [-0.39, 0.29) is 5.78 Å². The molecule has 0 N–H and O–H groups in total. The first-order valence-electron chi connectivity index (χ1n) is 7.91. The van der Waals surface area contributed by atoms with Crippen molar-refractivity contribution in [2.45, 2.75) is 4.90 Å². The zero-order valence-corrected chi connectivity index (χ0v) is 14.8. The number of hydrogen-bond acceptors (Lipinski definition) is 3. The van der Waals surface area contributed by atoms with Crippen LogP contribution in [-0.4, -0.2) is 16.5 Å². The third-order valence-corrected chi connectivity index (χ3v) is 5.41. The summed E-state index contributed by atoms with van der Waals surface area (Å²) in [7, 11) is 0. The van der Waals surface area contributed by atoms with Gasteiger partial charge in [0.25, 0.3) is 0 Å². The van der Waals surface area contributed by atoms with E-state index in [1.54, 1.807) is 11.8 Å². The van der Waals surface area contributed by atoms with Gasteiger partial charge in [-0.05, 0) is 18.2 Å². The lowest BCUT2D eigenvalue weighted by Gasteiger charge is -2.10. The quantitative estimate of drug-likeness (QED) is 0.252. The van der Waals surface area contributed by atoms with Crippen LogP contribution >= 0.6 is 23.4 Å². The lowest BCUT2D eigenvalue weighted by atomic mass is 10.1. The largest absolute Gasteiger partial charge is 0.293 e. The molecule has 3 aromatic carbocycles. The van der Waals surface area contributed by atoms with Crippen LogP contribution < -0.4 is 0 Å². The fourth-order valence-electron chi connectivity index (χ4n) is 2.83. The number of hydrogen-bond donors (Lipinski definition) is 0. The fourth-order valence-corrected chi connectivity index (χ4v) is 4.09. The van der Waals surface area contributed by atoms with Gasteiger partial charge in [0.1, 0.15) is 0 Å². The maximum Gasteiger partial charge on any atom is 0.173 e.